The van der Waals surface area contributed by atoms with E-state index in [9.17, 15) is 4.79 Å². The molecule has 0 saturated carbocycles. The molecule has 0 unspecified atom stereocenters. The van der Waals surface area contributed by atoms with Crippen LogP contribution < -0.4 is 0 Å². The largest absolute Gasteiger partial charge is 0.466 e. The van der Waals surface area contributed by atoms with Crippen molar-refractivity contribution in [3.8, 4) is 0 Å². The summed E-state index contributed by atoms with van der Waals surface area (Å²) in [6.07, 6.45) is 7.74. The standard InChI is InChI=1S/C9H14O2/c1-3-5-6-7-8-9(10)11-4-2/h3,5-7H,4,8H2,1-2H3/b5-3-,7-6+. The van der Waals surface area contributed by atoms with Gasteiger partial charge in [0.25, 0.3) is 0 Å². The second-order valence-corrected chi connectivity index (χ2v) is 1.96. The first-order valence-corrected chi connectivity index (χ1v) is 3.74. The predicted molar refractivity (Wildman–Crippen MR) is 45.2 cm³/mol. The molecule has 2 heteroatoms. The van der Waals surface area contributed by atoms with E-state index in [-0.39, 0.29) is 5.97 Å². The van der Waals surface area contributed by atoms with Gasteiger partial charge in [-0.05, 0) is 13.8 Å². The van der Waals surface area contributed by atoms with Crippen molar-refractivity contribution in [1.82, 2.24) is 0 Å². The molecule has 0 heterocycles. The van der Waals surface area contributed by atoms with E-state index >= 15 is 0 Å². The monoisotopic (exact) mass is 154 g/mol. The van der Waals surface area contributed by atoms with Crippen LogP contribution in [-0.2, 0) is 9.53 Å². The Morgan fingerprint density at radius 1 is 1.45 bits per heavy atom. The molecule has 0 aromatic carbocycles. The lowest BCUT2D eigenvalue weighted by molar-refractivity contribution is -0.142. The van der Waals surface area contributed by atoms with E-state index in [1.54, 1.807) is 13.0 Å². The molecule has 11 heavy (non-hydrogen) atoms. The molecule has 2 nitrogen and oxygen atoms in total. The normalized spacial score (nSPS) is 11.1. The number of carbonyl (C=O) groups is 1. The highest BCUT2D eigenvalue weighted by Crippen LogP contribution is 1.88. The average molecular weight is 154 g/mol. The average Bonchev–Trinajstić information content (AvgIpc) is 1.99. The Kier molecular flexibility index (Phi) is 6.39. The zero-order valence-electron chi connectivity index (χ0n) is 7.04. The highest BCUT2D eigenvalue weighted by molar-refractivity contribution is 5.71. The molecule has 0 aromatic rings. The van der Waals surface area contributed by atoms with Crippen molar-refractivity contribution in [3.05, 3.63) is 24.3 Å². The molecule has 0 N–H and O–H groups in total. The van der Waals surface area contributed by atoms with Crippen molar-refractivity contribution >= 4 is 5.97 Å². The van der Waals surface area contributed by atoms with Crippen molar-refractivity contribution in [2.75, 3.05) is 6.61 Å². The first kappa shape index (κ1) is 9.95. The Morgan fingerprint density at radius 3 is 2.73 bits per heavy atom. The van der Waals surface area contributed by atoms with Gasteiger partial charge in [-0.15, -0.1) is 0 Å². The van der Waals surface area contributed by atoms with E-state index in [1.807, 2.05) is 25.2 Å². The first-order chi connectivity index (χ1) is 5.31. The van der Waals surface area contributed by atoms with Gasteiger partial charge in [-0.3, -0.25) is 4.79 Å². The maximum Gasteiger partial charge on any atom is 0.309 e. The number of esters is 1. The second-order valence-electron chi connectivity index (χ2n) is 1.96. The number of ether oxygens (including phenoxy) is 1. The number of rotatable bonds is 4. The third-order valence-corrected chi connectivity index (χ3v) is 1.03. The molecular weight excluding hydrogens is 140 g/mol. The molecule has 0 spiro atoms. The fourth-order valence-corrected chi connectivity index (χ4v) is 0.574. The van der Waals surface area contributed by atoms with Gasteiger partial charge < -0.3 is 4.74 Å². The van der Waals surface area contributed by atoms with E-state index in [4.69, 9.17) is 4.74 Å². The maximum absolute atomic E-state index is 10.7. The van der Waals surface area contributed by atoms with E-state index in [0.29, 0.717) is 13.0 Å². The molecular formula is C9H14O2. The van der Waals surface area contributed by atoms with Crippen LogP contribution in [0, 0.1) is 0 Å². The molecule has 0 aliphatic heterocycles. The van der Waals surface area contributed by atoms with Crippen LogP contribution in [0.25, 0.3) is 0 Å². The molecule has 62 valence electrons. The van der Waals surface area contributed by atoms with Crippen LogP contribution in [0.1, 0.15) is 20.3 Å². The van der Waals surface area contributed by atoms with Crippen LogP contribution >= 0.6 is 0 Å². The molecule has 0 radical (unpaired) electrons. The minimum Gasteiger partial charge on any atom is -0.466 e. The molecule has 0 atom stereocenters. The number of allylic oxidation sites excluding steroid dienone is 3. The van der Waals surface area contributed by atoms with E-state index < -0.39 is 0 Å². The van der Waals surface area contributed by atoms with Gasteiger partial charge in [-0.2, -0.15) is 0 Å². The van der Waals surface area contributed by atoms with Gasteiger partial charge in [-0.25, -0.2) is 0 Å². The zero-order chi connectivity index (χ0) is 8.53. The van der Waals surface area contributed by atoms with Crippen LogP contribution in [-0.4, -0.2) is 12.6 Å². The molecule has 0 aliphatic rings. The Bertz CT molecular complexity index is 157. The van der Waals surface area contributed by atoms with Gasteiger partial charge in [0.1, 0.15) is 0 Å². The second kappa shape index (κ2) is 7.06. The van der Waals surface area contributed by atoms with Crippen molar-refractivity contribution in [1.29, 1.82) is 0 Å². The topological polar surface area (TPSA) is 26.3 Å². The van der Waals surface area contributed by atoms with Gasteiger partial charge in [0.2, 0.25) is 0 Å². The van der Waals surface area contributed by atoms with Gasteiger partial charge in [0.05, 0.1) is 13.0 Å². The minimum atomic E-state index is -0.173. The van der Waals surface area contributed by atoms with Crippen molar-refractivity contribution < 1.29 is 9.53 Å². The van der Waals surface area contributed by atoms with Crippen molar-refractivity contribution in [2.24, 2.45) is 0 Å². The fraction of sp³-hybridized carbons (Fsp3) is 0.444. The lowest BCUT2D eigenvalue weighted by Crippen LogP contribution is -2.01. The van der Waals surface area contributed by atoms with Crippen LogP contribution in [0.4, 0.5) is 0 Å². The smallest absolute Gasteiger partial charge is 0.309 e. The SMILES string of the molecule is C/C=C\C=C\CC(=O)OCC. The van der Waals surface area contributed by atoms with Crippen molar-refractivity contribution in [2.45, 2.75) is 20.3 Å². The van der Waals surface area contributed by atoms with Gasteiger partial charge >= 0.3 is 5.97 Å². The molecule has 0 aliphatic carbocycles. The number of carbonyl (C=O) groups excluding carboxylic acids is 1. The van der Waals surface area contributed by atoms with Gasteiger partial charge in [-0.1, -0.05) is 24.3 Å². The minimum absolute atomic E-state index is 0.173. The summed E-state index contributed by atoms with van der Waals surface area (Å²) in [6.45, 7) is 4.18. The highest BCUT2D eigenvalue weighted by atomic mass is 16.5. The molecule has 0 amide bonds. The fourth-order valence-electron chi connectivity index (χ4n) is 0.574. The summed E-state index contributed by atoms with van der Waals surface area (Å²) in [5.74, 6) is -0.173. The van der Waals surface area contributed by atoms with E-state index in [1.165, 1.54) is 0 Å². The van der Waals surface area contributed by atoms with Crippen molar-refractivity contribution in [3.63, 3.8) is 0 Å². The predicted octanol–water partition coefficient (Wildman–Crippen LogP) is 2.07. The lowest BCUT2D eigenvalue weighted by atomic mass is 10.3. The molecule has 0 aromatic heterocycles. The van der Waals surface area contributed by atoms with Crippen LogP contribution in [0.2, 0.25) is 0 Å². The summed E-state index contributed by atoms with van der Waals surface area (Å²) < 4.78 is 4.71. The summed E-state index contributed by atoms with van der Waals surface area (Å²) in [6, 6.07) is 0. The molecule has 0 bridgehead atoms. The highest BCUT2D eigenvalue weighted by Gasteiger charge is 1.94. The van der Waals surface area contributed by atoms with E-state index in [0.717, 1.165) is 0 Å². The Hall–Kier alpha value is -1.05. The summed E-state index contributed by atoms with van der Waals surface area (Å²) in [7, 11) is 0. The summed E-state index contributed by atoms with van der Waals surface area (Å²) in [5, 5.41) is 0. The van der Waals surface area contributed by atoms with Gasteiger partial charge in [0, 0.05) is 0 Å². The Morgan fingerprint density at radius 2 is 2.18 bits per heavy atom. The van der Waals surface area contributed by atoms with E-state index in [2.05, 4.69) is 0 Å². The zero-order valence-corrected chi connectivity index (χ0v) is 7.04. The third-order valence-electron chi connectivity index (χ3n) is 1.03. The van der Waals surface area contributed by atoms with Crippen LogP contribution in [0.3, 0.4) is 0 Å². The number of hydrogen-bond acceptors (Lipinski definition) is 2. The number of hydrogen-bond donors (Lipinski definition) is 0. The van der Waals surface area contributed by atoms with Crippen LogP contribution in [0.5, 0.6) is 0 Å². The quantitative estimate of drug-likeness (QED) is 0.457. The van der Waals surface area contributed by atoms with Gasteiger partial charge in [0.15, 0.2) is 0 Å². The molecule has 0 fully saturated rings. The Balaban J connectivity index is 3.44. The maximum atomic E-state index is 10.7. The summed E-state index contributed by atoms with van der Waals surface area (Å²) >= 11 is 0. The third kappa shape index (κ3) is 6.84. The Labute approximate surface area is 67.6 Å². The molecule has 0 saturated heterocycles. The first-order valence-electron chi connectivity index (χ1n) is 3.74. The molecule has 0 rings (SSSR count). The summed E-state index contributed by atoms with van der Waals surface area (Å²) in [4.78, 5) is 10.7. The lowest BCUT2D eigenvalue weighted by Gasteiger charge is -1.95. The van der Waals surface area contributed by atoms with Crippen LogP contribution in [0.15, 0.2) is 24.3 Å². The summed E-state index contributed by atoms with van der Waals surface area (Å²) in [5.41, 5.74) is 0.